The second-order valence-corrected chi connectivity index (χ2v) is 19.7. The molecule has 7 rings (SSSR count). The first-order chi connectivity index (χ1) is 22.5. The van der Waals surface area contributed by atoms with Crippen LogP contribution in [0.1, 0.15) is 42.3 Å². The quantitative estimate of drug-likeness (QED) is 0.128. The van der Waals surface area contributed by atoms with E-state index in [4.69, 9.17) is 4.98 Å². The SMILES string of the molecule is C[Si](C)(C)c1ccc(-c2[c-]cccc2)nc1.Cc1cc(-c2cccc3c2sc2cc(-c4cc(C(C)C)c(C)cn4)[c-]cc23)cc(C)n1.[Ir]. The smallest absolute Gasteiger partial charge is 0.0795 e. The minimum atomic E-state index is -1.23. The fourth-order valence-corrected chi connectivity index (χ4v) is 8.25. The predicted molar refractivity (Wildman–Crippen MR) is 204 cm³/mol. The molecule has 0 unspecified atom stereocenters. The fraction of sp³-hybridized carbons (Fsp3) is 0.214. The molecule has 3 aromatic carbocycles. The number of aromatic nitrogens is 3. The molecule has 0 amide bonds. The fourth-order valence-electron chi connectivity index (χ4n) is 5.96. The molecule has 3 nitrogen and oxygen atoms in total. The Hall–Kier alpha value is -3.80. The van der Waals surface area contributed by atoms with E-state index >= 15 is 0 Å². The van der Waals surface area contributed by atoms with Gasteiger partial charge in [0.05, 0.1) is 8.07 Å². The molecule has 0 bridgehead atoms. The van der Waals surface area contributed by atoms with E-state index in [1.165, 1.54) is 47.6 Å². The van der Waals surface area contributed by atoms with Crippen molar-refractivity contribution in [2.24, 2.45) is 0 Å². The van der Waals surface area contributed by atoms with E-state index in [0.717, 1.165) is 33.9 Å². The monoisotopic (exact) mass is 840 g/mol. The van der Waals surface area contributed by atoms with Gasteiger partial charge in [0.25, 0.3) is 0 Å². The van der Waals surface area contributed by atoms with Gasteiger partial charge in [-0.05, 0) is 87.7 Å². The molecule has 0 saturated heterocycles. The van der Waals surface area contributed by atoms with Gasteiger partial charge >= 0.3 is 0 Å². The largest absolute Gasteiger partial charge is 0.305 e. The molecule has 0 saturated carbocycles. The van der Waals surface area contributed by atoms with Crippen LogP contribution in [-0.2, 0) is 20.1 Å². The van der Waals surface area contributed by atoms with E-state index in [9.17, 15) is 0 Å². The van der Waals surface area contributed by atoms with Gasteiger partial charge in [0, 0.05) is 48.6 Å². The Kier molecular flexibility index (Phi) is 10.9. The zero-order valence-corrected chi connectivity index (χ0v) is 33.1. The third-order valence-electron chi connectivity index (χ3n) is 8.48. The van der Waals surface area contributed by atoms with Gasteiger partial charge in [0.1, 0.15) is 0 Å². The van der Waals surface area contributed by atoms with Gasteiger partial charge < -0.3 is 9.97 Å². The topological polar surface area (TPSA) is 38.7 Å². The average molecular weight is 840 g/mol. The molecule has 0 spiro atoms. The number of pyridine rings is 3. The van der Waals surface area contributed by atoms with Crippen LogP contribution >= 0.6 is 11.3 Å². The molecule has 48 heavy (non-hydrogen) atoms. The summed E-state index contributed by atoms with van der Waals surface area (Å²) in [5, 5.41) is 3.93. The van der Waals surface area contributed by atoms with Gasteiger partial charge in [-0.3, -0.25) is 4.98 Å². The molecular weight excluding hydrogens is 799 g/mol. The van der Waals surface area contributed by atoms with Crippen LogP contribution in [0.2, 0.25) is 19.6 Å². The summed E-state index contributed by atoms with van der Waals surface area (Å²) >= 11 is 1.85. The Labute approximate surface area is 303 Å². The molecule has 0 aliphatic rings. The van der Waals surface area contributed by atoms with Gasteiger partial charge in [-0.15, -0.1) is 59.7 Å². The summed E-state index contributed by atoms with van der Waals surface area (Å²) in [5.74, 6) is 0.477. The van der Waals surface area contributed by atoms with Crippen molar-refractivity contribution < 1.29 is 20.1 Å². The summed E-state index contributed by atoms with van der Waals surface area (Å²) in [4.78, 5) is 13.8. The number of thiophene rings is 1. The third kappa shape index (κ3) is 7.74. The minimum Gasteiger partial charge on any atom is -0.305 e. The molecular formula is C42H41IrN3SSi-2. The number of benzene rings is 3. The van der Waals surface area contributed by atoms with E-state index in [1.54, 1.807) is 0 Å². The first-order valence-corrected chi connectivity index (χ1v) is 20.5. The van der Waals surface area contributed by atoms with Crippen LogP contribution in [0.4, 0.5) is 0 Å². The Morgan fingerprint density at radius 1 is 0.729 bits per heavy atom. The molecule has 0 atom stereocenters. The maximum atomic E-state index is 4.70. The standard InChI is InChI=1S/C28H25N2S.C14H16NSi.Ir/c1-16(2)25-14-26(29-15-17(25)3)20-9-10-23-24-8-6-7-22(28(24)31-27(23)13-20)21-11-18(4)30-19(5)12-21;1-16(2,3)13-9-10-14(15-11-13)12-7-5-4-6-8-12;/h6-8,10-16H,1-5H3;4-7,9-11H,1-3H3;/q2*-1;. The zero-order chi connectivity index (χ0) is 33.3. The first kappa shape index (κ1) is 35.5. The number of fused-ring (bicyclic) bond motifs is 3. The Balaban J connectivity index is 0.000000224. The predicted octanol–water partition coefficient (Wildman–Crippen LogP) is 11.1. The number of rotatable bonds is 5. The second-order valence-electron chi connectivity index (χ2n) is 13.6. The number of hydrogen-bond acceptors (Lipinski definition) is 4. The first-order valence-electron chi connectivity index (χ1n) is 16.2. The van der Waals surface area contributed by atoms with Crippen molar-refractivity contribution in [2.75, 3.05) is 0 Å². The third-order valence-corrected chi connectivity index (χ3v) is 11.7. The molecule has 6 heteroatoms. The summed E-state index contributed by atoms with van der Waals surface area (Å²) < 4.78 is 2.58. The zero-order valence-electron chi connectivity index (χ0n) is 28.9. The Morgan fingerprint density at radius 2 is 1.48 bits per heavy atom. The maximum Gasteiger partial charge on any atom is 0.0795 e. The van der Waals surface area contributed by atoms with Crippen LogP contribution in [-0.4, -0.2) is 23.0 Å². The van der Waals surface area contributed by atoms with Crippen molar-refractivity contribution in [1.29, 1.82) is 0 Å². The number of aryl methyl sites for hydroxylation is 3. The molecule has 0 fully saturated rings. The van der Waals surface area contributed by atoms with E-state index in [2.05, 4.69) is 137 Å². The summed E-state index contributed by atoms with van der Waals surface area (Å²) in [6.07, 6.45) is 4.00. The normalized spacial score (nSPS) is 11.4. The molecule has 0 aliphatic heterocycles. The summed E-state index contributed by atoms with van der Waals surface area (Å²) in [7, 11) is -1.23. The van der Waals surface area contributed by atoms with Gasteiger partial charge in [0.15, 0.2) is 0 Å². The van der Waals surface area contributed by atoms with Crippen molar-refractivity contribution in [3.8, 4) is 33.6 Å². The van der Waals surface area contributed by atoms with Crippen molar-refractivity contribution in [2.45, 2.75) is 60.2 Å². The van der Waals surface area contributed by atoms with Gasteiger partial charge in [0.2, 0.25) is 0 Å². The van der Waals surface area contributed by atoms with Gasteiger partial charge in [-0.1, -0.05) is 75.3 Å². The van der Waals surface area contributed by atoms with Crippen molar-refractivity contribution in [3.63, 3.8) is 0 Å². The van der Waals surface area contributed by atoms with Gasteiger partial charge in [-0.25, -0.2) is 0 Å². The van der Waals surface area contributed by atoms with Crippen LogP contribution in [0.5, 0.6) is 0 Å². The second kappa shape index (κ2) is 14.8. The number of hydrogen-bond donors (Lipinski definition) is 0. The van der Waals surface area contributed by atoms with Gasteiger partial charge in [-0.2, -0.15) is 11.3 Å². The molecule has 245 valence electrons. The Morgan fingerprint density at radius 3 is 2.12 bits per heavy atom. The van der Waals surface area contributed by atoms with Crippen molar-refractivity contribution in [1.82, 2.24) is 15.0 Å². The van der Waals surface area contributed by atoms with E-state index in [-0.39, 0.29) is 20.1 Å². The molecule has 4 aromatic heterocycles. The van der Waals surface area contributed by atoms with Crippen LogP contribution in [0.25, 0.3) is 53.8 Å². The van der Waals surface area contributed by atoms with E-state index in [0.29, 0.717) is 5.92 Å². The van der Waals surface area contributed by atoms with Crippen molar-refractivity contribution in [3.05, 3.63) is 132 Å². The van der Waals surface area contributed by atoms with Crippen LogP contribution in [0.15, 0.2) is 97.3 Å². The van der Waals surface area contributed by atoms with Crippen LogP contribution in [0.3, 0.4) is 0 Å². The molecule has 0 N–H and O–H groups in total. The molecule has 0 aliphatic carbocycles. The summed E-state index contributed by atoms with van der Waals surface area (Å²) in [6.45, 7) is 17.7. The number of nitrogens with zero attached hydrogens (tertiary/aromatic N) is 3. The van der Waals surface area contributed by atoms with Crippen LogP contribution in [0, 0.1) is 32.9 Å². The summed E-state index contributed by atoms with van der Waals surface area (Å²) in [5.41, 5.74) is 11.3. The summed E-state index contributed by atoms with van der Waals surface area (Å²) in [6, 6.07) is 36.5. The maximum absolute atomic E-state index is 4.70. The molecule has 7 aromatic rings. The van der Waals surface area contributed by atoms with Crippen LogP contribution < -0.4 is 5.19 Å². The van der Waals surface area contributed by atoms with E-state index in [1.807, 2.05) is 48.0 Å². The molecule has 4 heterocycles. The minimum absolute atomic E-state index is 0. The van der Waals surface area contributed by atoms with E-state index < -0.39 is 8.07 Å². The average Bonchev–Trinajstić information content (AvgIpc) is 3.43. The van der Waals surface area contributed by atoms with Crippen molar-refractivity contribution >= 4 is 44.8 Å². The molecule has 1 radical (unpaired) electrons. The Bertz CT molecular complexity index is 2160.